The Balaban J connectivity index is 1.03. The van der Waals surface area contributed by atoms with Crippen LogP contribution in [-0.2, 0) is 9.53 Å². The number of halogens is 5. The minimum absolute atomic E-state index is 0.0188. The molecule has 1 amide bonds. The summed E-state index contributed by atoms with van der Waals surface area (Å²) >= 11 is 0. The first-order valence-corrected chi connectivity index (χ1v) is 13.7. The third kappa shape index (κ3) is 6.64. The highest BCUT2D eigenvalue weighted by atomic mass is 19.4. The number of carbonyl (C=O) groups is 1. The Hall–Kier alpha value is -4.60. The maximum Gasteiger partial charge on any atom is 0.573 e. The van der Waals surface area contributed by atoms with Crippen molar-refractivity contribution in [3.63, 3.8) is 0 Å². The van der Waals surface area contributed by atoms with E-state index in [1.54, 1.807) is 6.07 Å². The van der Waals surface area contributed by atoms with E-state index in [9.17, 15) is 26.7 Å². The number of carbonyl (C=O) groups excluding carboxylic acids is 1. The van der Waals surface area contributed by atoms with Gasteiger partial charge in [-0.3, -0.25) is 4.79 Å². The fraction of sp³-hybridized carbons (Fsp3) is 0.393. The first-order valence-electron chi connectivity index (χ1n) is 13.7. The van der Waals surface area contributed by atoms with E-state index in [0.717, 1.165) is 29.6 Å². The van der Waals surface area contributed by atoms with Crippen LogP contribution in [0.2, 0.25) is 0 Å². The van der Waals surface area contributed by atoms with Crippen LogP contribution in [-0.4, -0.2) is 69.8 Å². The third-order valence-corrected chi connectivity index (χ3v) is 7.56. The molecule has 0 spiro atoms. The number of aromatic amines is 1. The summed E-state index contributed by atoms with van der Waals surface area (Å²) in [5.41, 5.74) is 1.47. The molecule has 11 nitrogen and oxygen atoms in total. The lowest BCUT2D eigenvalue weighted by Gasteiger charge is -2.34. The fourth-order valence-electron chi connectivity index (χ4n) is 5.43. The van der Waals surface area contributed by atoms with Crippen LogP contribution in [0.5, 0.6) is 5.75 Å². The Morgan fingerprint density at radius 1 is 1.07 bits per heavy atom. The lowest BCUT2D eigenvalue weighted by atomic mass is 9.79. The minimum atomic E-state index is -4.87. The summed E-state index contributed by atoms with van der Waals surface area (Å²) in [5, 5.41) is 23.4. The zero-order chi connectivity index (χ0) is 31.1. The molecule has 0 radical (unpaired) electrons. The summed E-state index contributed by atoms with van der Waals surface area (Å²) in [7, 11) is 1.25. The number of hydrogen-bond acceptors (Lipinski definition) is 9. The smallest absolute Gasteiger partial charge is 0.406 e. The first kappa shape index (κ1) is 29.5. The fourth-order valence-corrected chi connectivity index (χ4v) is 5.43. The van der Waals surface area contributed by atoms with Crippen molar-refractivity contribution in [2.75, 3.05) is 35.7 Å². The highest BCUT2D eigenvalue weighted by Crippen LogP contribution is 2.48. The molecule has 16 heteroatoms. The molecule has 2 atom stereocenters. The van der Waals surface area contributed by atoms with Crippen molar-refractivity contribution in [3.05, 3.63) is 59.8 Å². The number of fused-ring (bicyclic) bond motifs is 1. The van der Waals surface area contributed by atoms with Crippen molar-refractivity contribution in [3.8, 4) is 5.75 Å². The molecule has 3 aromatic heterocycles. The average Bonchev–Trinajstić information content (AvgIpc) is 3.59. The van der Waals surface area contributed by atoms with Gasteiger partial charge in [-0.05, 0) is 48.4 Å². The van der Waals surface area contributed by atoms with Gasteiger partial charge >= 0.3 is 6.36 Å². The van der Waals surface area contributed by atoms with E-state index in [-0.39, 0.29) is 36.2 Å². The molecule has 4 aromatic rings. The van der Waals surface area contributed by atoms with Gasteiger partial charge in [-0.25, -0.2) is 8.78 Å². The summed E-state index contributed by atoms with van der Waals surface area (Å²) in [6.45, 7) is 1.32. The lowest BCUT2D eigenvalue weighted by molar-refractivity contribution is -0.274. The minimum Gasteiger partial charge on any atom is -0.406 e. The molecular weight excluding hydrogens is 591 g/mol. The van der Waals surface area contributed by atoms with E-state index in [0.29, 0.717) is 30.4 Å². The summed E-state index contributed by atoms with van der Waals surface area (Å²) in [6, 6.07) is 11.9. The van der Waals surface area contributed by atoms with Crippen molar-refractivity contribution in [1.82, 2.24) is 25.4 Å². The number of rotatable bonds is 9. The number of benzene rings is 1. The molecule has 1 aliphatic carbocycles. The molecule has 2 aliphatic rings. The predicted octanol–water partition coefficient (Wildman–Crippen LogP) is 5.18. The molecule has 2 fully saturated rings. The number of aromatic nitrogens is 5. The van der Waals surface area contributed by atoms with Crippen LogP contribution >= 0.6 is 0 Å². The van der Waals surface area contributed by atoms with Crippen molar-refractivity contribution in [2.45, 2.75) is 49.6 Å². The Kier molecular flexibility index (Phi) is 7.69. The summed E-state index contributed by atoms with van der Waals surface area (Å²) in [4.78, 5) is 18.0. The van der Waals surface area contributed by atoms with E-state index in [2.05, 4.69) is 45.6 Å². The van der Waals surface area contributed by atoms with Gasteiger partial charge in [-0.2, -0.15) is 0 Å². The SMILES string of the molecule is COC(C(=O)Nc1ccc(NC2CCN(c3cc4cc(C5CC(F)(F)C5)[nH]c4nn3)C2)nn1)c1cccc(OC(F)(F)F)c1. The number of amides is 1. The number of anilines is 3. The number of nitrogens with zero attached hydrogens (tertiary/aromatic N) is 5. The maximum atomic E-state index is 13.3. The van der Waals surface area contributed by atoms with Gasteiger partial charge in [-0.1, -0.05) is 12.1 Å². The molecule has 232 valence electrons. The monoisotopic (exact) mass is 618 g/mol. The van der Waals surface area contributed by atoms with Gasteiger partial charge in [0.1, 0.15) is 11.6 Å². The van der Waals surface area contributed by atoms with Crippen LogP contribution in [0.25, 0.3) is 11.0 Å². The zero-order valence-electron chi connectivity index (χ0n) is 23.2. The second kappa shape index (κ2) is 11.5. The second-order valence-corrected chi connectivity index (χ2v) is 10.8. The van der Waals surface area contributed by atoms with Crippen molar-refractivity contribution in [2.24, 2.45) is 0 Å². The zero-order valence-corrected chi connectivity index (χ0v) is 23.2. The lowest BCUT2D eigenvalue weighted by Crippen LogP contribution is -2.33. The topological polar surface area (TPSA) is 130 Å². The van der Waals surface area contributed by atoms with Crippen molar-refractivity contribution >= 4 is 34.4 Å². The van der Waals surface area contributed by atoms with Gasteiger partial charge in [0.2, 0.25) is 5.92 Å². The van der Waals surface area contributed by atoms with Gasteiger partial charge in [0.25, 0.3) is 5.91 Å². The number of methoxy groups -OCH3 is 1. The number of H-pyrrole nitrogens is 1. The van der Waals surface area contributed by atoms with Gasteiger partial charge in [-0.15, -0.1) is 33.6 Å². The quantitative estimate of drug-likeness (QED) is 0.217. The van der Waals surface area contributed by atoms with E-state index >= 15 is 0 Å². The molecule has 1 aromatic carbocycles. The van der Waals surface area contributed by atoms with Crippen LogP contribution in [0, 0.1) is 0 Å². The molecule has 3 N–H and O–H groups in total. The normalized spacial score (nSPS) is 19.0. The van der Waals surface area contributed by atoms with Crippen LogP contribution in [0.1, 0.15) is 42.5 Å². The summed E-state index contributed by atoms with van der Waals surface area (Å²) in [6.07, 6.45) is -5.65. The van der Waals surface area contributed by atoms with Crippen LogP contribution in [0.4, 0.5) is 39.4 Å². The third-order valence-electron chi connectivity index (χ3n) is 7.56. The number of alkyl halides is 5. The Morgan fingerprint density at radius 2 is 1.84 bits per heavy atom. The summed E-state index contributed by atoms with van der Waals surface area (Å²) in [5.74, 6) is -2.66. The Labute approximate surface area is 247 Å². The van der Waals surface area contributed by atoms with E-state index in [1.165, 1.54) is 25.3 Å². The van der Waals surface area contributed by atoms with E-state index < -0.39 is 30.0 Å². The Bertz CT molecular complexity index is 1640. The van der Waals surface area contributed by atoms with Gasteiger partial charge in [0, 0.05) is 56.1 Å². The predicted molar refractivity (Wildman–Crippen MR) is 149 cm³/mol. The standard InChI is InChI=1S/C28H27F5N8O3/c1-43-24(15-3-2-4-19(9-15)44-28(31,32)33)26(42)36-22-6-5-21(37-38-22)34-18-7-8-41(14-18)23-11-16-10-20(35-25(16)40-39-23)17-12-27(29,30)13-17/h2-6,9-11,17-18,24H,7-8,12-14H2,1H3,(H,34,37)(H,35,40)(H,36,38,42). The molecule has 6 rings (SSSR count). The number of ether oxygens (including phenoxy) is 2. The van der Waals surface area contributed by atoms with Crippen LogP contribution < -0.4 is 20.3 Å². The highest BCUT2D eigenvalue weighted by molar-refractivity contribution is 5.94. The first-order chi connectivity index (χ1) is 20.9. The molecule has 44 heavy (non-hydrogen) atoms. The largest absolute Gasteiger partial charge is 0.573 e. The number of nitrogens with one attached hydrogen (secondary N) is 3. The van der Waals surface area contributed by atoms with Crippen molar-refractivity contribution < 1.29 is 36.2 Å². The molecule has 1 saturated heterocycles. The summed E-state index contributed by atoms with van der Waals surface area (Å²) < 4.78 is 73.5. The van der Waals surface area contributed by atoms with Gasteiger partial charge in [0.15, 0.2) is 23.4 Å². The van der Waals surface area contributed by atoms with Gasteiger partial charge in [0.05, 0.1) is 0 Å². The maximum absolute atomic E-state index is 13.3. The van der Waals surface area contributed by atoms with Crippen LogP contribution in [0.15, 0.2) is 48.5 Å². The molecule has 0 bridgehead atoms. The van der Waals surface area contributed by atoms with Crippen molar-refractivity contribution in [1.29, 1.82) is 0 Å². The second-order valence-electron chi connectivity index (χ2n) is 10.8. The molecule has 4 heterocycles. The molecule has 2 unspecified atom stereocenters. The Morgan fingerprint density at radius 3 is 2.55 bits per heavy atom. The highest BCUT2D eigenvalue weighted by Gasteiger charge is 2.46. The van der Waals surface area contributed by atoms with E-state index in [1.807, 2.05) is 12.1 Å². The van der Waals surface area contributed by atoms with Gasteiger partial charge < -0.3 is 30.0 Å². The van der Waals surface area contributed by atoms with E-state index in [4.69, 9.17) is 4.74 Å². The molecule has 1 saturated carbocycles. The number of hydrogen-bond donors (Lipinski definition) is 3. The molecule has 1 aliphatic heterocycles. The molecular formula is C28H27F5N8O3. The van der Waals surface area contributed by atoms with Crippen LogP contribution in [0.3, 0.4) is 0 Å². The average molecular weight is 619 g/mol.